The van der Waals surface area contributed by atoms with E-state index in [2.05, 4.69) is 15.4 Å². The Bertz CT molecular complexity index is 1220. The number of benzene rings is 2. The lowest BCUT2D eigenvalue weighted by Crippen LogP contribution is -2.59. The van der Waals surface area contributed by atoms with Gasteiger partial charge in [0, 0.05) is 11.3 Å². The minimum atomic E-state index is -6.89. The van der Waals surface area contributed by atoms with Gasteiger partial charge in [-0.05, 0) is 37.1 Å². The van der Waals surface area contributed by atoms with Gasteiger partial charge in [-0.25, -0.2) is 9.18 Å². The van der Waals surface area contributed by atoms with Crippen LogP contribution < -0.4 is 10.6 Å². The smallest absolute Gasteiger partial charge is 0.445 e. The molecule has 1 unspecified atom stereocenters. The molecule has 2 rings (SSSR count). The fourth-order valence-corrected chi connectivity index (χ4v) is 3.51. The highest BCUT2D eigenvalue weighted by Crippen LogP contribution is 2.58. The number of amides is 2. The summed E-state index contributed by atoms with van der Waals surface area (Å²) < 4.78 is 124. The van der Waals surface area contributed by atoms with Crippen LogP contribution in [-0.2, 0) is 10.4 Å². The molecular formula is C22H16Cl3F9N2O3. The molecule has 2 N–H and O–H groups in total. The molecule has 39 heavy (non-hydrogen) atoms. The molecule has 0 saturated heterocycles. The van der Waals surface area contributed by atoms with Gasteiger partial charge in [-0.1, -0.05) is 59.1 Å². The number of carbonyl (C=O) groups is 2. The van der Waals surface area contributed by atoms with E-state index in [1.807, 2.05) is 0 Å². The van der Waals surface area contributed by atoms with Gasteiger partial charge in [0.25, 0.3) is 5.91 Å². The van der Waals surface area contributed by atoms with Crippen molar-refractivity contribution in [3.8, 4) is 0 Å². The predicted octanol–water partition coefficient (Wildman–Crippen LogP) is 8.40. The maximum Gasteiger partial charge on any atom is 0.457 e. The summed E-state index contributed by atoms with van der Waals surface area (Å²) in [5, 5.41) is 4.44. The van der Waals surface area contributed by atoms with Crippen LogP contribution in [-0.4, -0.2) is 40.7 Å². The zero-order valence-corrected chi connectivity index (χ0v) is 21.7. The number of halogens is 12. The van der Waals surface area contributed by atoms with Crippen LogP contribution in [0.1, 0.15) is 27.0 Å². The second kappa shape index (κ2) is 11.1. The maximum absolute atomic E-state index is 14.9. The minimum absolute atomic E-state index is 0.119. The van der Waals surface area contributed by atoms with Gasteiger partial charge < -0.3 is 10.1 Å². The Balaban J connectivity index is 2.44. The lowest BCUT2D eigenvalue weighted by atomic mass is 9.85. The molecule has 17 heteroatoms. The number of nitrogens with one attached hydrogen (secondary N) is 2. The van der Waals surface area contributed by atoms with Gasteiger partial charge in [-0.3, -0.25) is 10.1 Å². The SMILES string of the molecule is Cc1cc(C(F)(C(F)(F)F)C(F)(F)C(F)(F)F)cc(C)c1NC(=O)c1ccccc1NC(=O)OCC(Cl)(Cl)Cl. The quantitative estimate of drug-likeness (QED) is 0.248. The molecule has 216 valence electrons. The number of hydrogen-bond acceptors (Lipinski definition) is 3. The van der Waals surface area contributed by atoms with E-state index in [4.69, 9.17) is 34.8 Å². The van der Waals surface area contributed by atoms with Crippen LogP contribution in [0.2, 0.25) is 0 Å². The van der Waals surface area contributed by atoms with Gasteiger partial charge >= 0.3 is 30.0 Å². The topological polar surface area (TPSA) is 67.4 Å². The fraction of sp³-hybridized carbons (Fsp3) is 0.364. The summed E-state index contributed by atoms with van der Waals surface area (Å²) in [7, 11) is 0. The first-order valence-electron chi connectivity index (χ1n) is 10.3. The number of hydrogen-bond donors (Lipinski definition) is 2. The molecule has 5 nitrogen and oxygen atoms in total. The third-order valence-corrected chi connectivity index (χ3v) is 5.45. The fourth-order valence-electron chi connectivity index (χ4n) is 3.34. The van der Waals surface area contributed by atoms with Crippen LogP contribution in [0, 0.1) is 13.8 Å². The molecule has 2 aromatic carbocycles. The Hall–Kier alpha value is -2.58. The molecule has 0 aliphatic rings. The predicted molar refractivity (Wildman–Crippen MR) is 125 cm³/mol. The summed E-state index contributed by atoms with van der Waals surface area (Å²) in [4.78, 5) is 24.8. The highest BCUT2D eigenvalue weighted by atomic mass is 35.6. The standard InChI is InChI=1S/C22H16Cl3F9N2O3/c1-10-7-12(19(26,21(29,30)31)20(27,28)22(32,33)34)8-11(2)15(10)36-16(37)13-5-3-4-6-14(13)35-17(38)39-9-18(23,24)25/h3-8H,9H2,1-2H3,(H,35,38)(H,36,37). The average molecular weight is 634 g/mol. The molecule has 1 atom stereocenters. The molecule has 0 fully saturated rings. The van der Waals surface area contributed by atoms with Crippen LogP contribution >= 0.6 is 34.8 Å². The summed E-state index contributed by atoms with van der Waals surface area (Å²) >= 11 is 16.4. The van der Waals surface area contributed by atoms with E-state index in [-0.39, 0.29) is 29.1 Å². The first-order chi connectivity index (χ1) is 17.5. The van der Waals surface area contributed by atoms with E-state index in [1.165, 1.54) is 24.3 Å². The first kappa shape index (κ1) is 32.6. The van der Waals surface area contributed by atoms with Crippen LogP contribution in [0.15, 0.2) is 36.4 Å². The first-order valence-corrected chi connectivity index (χ1v) is 11.4. The van der Waals surface area contributed by atoms with E-state index in [0.29, 0.717) is 0 Å². The molecule has 0 heterocycles. The van der Waals surface area contributed by atoms with E-state index < -0.39 is 63.0 Å². The molecule has 0 aliphatic heterocycles. The Labute approximate surface area is 229 Å². The zero-order valence-electron chi connectivity index (χ0n) is 19.4. The van der Waals surface area contributed by atoms with Gasteiger partial charge in [0.1, 0.15) is 6.61 Å². The van der Waals surface area contributed by atoms with Crippen molar-refractivity contribution in [2.45, 2.75) is 41.6 Å². The van der Waals surface area contributed by atoms with Gasteiger partial charge in [-0.15, -0.1) is 0 Å². The summed E-state index contributed by atoms with van der Waals surface area (Å²) in [6.07, 6.45) is -14.7. The van der Waals surface area contributed by atoms with Crippen LogP contribution in [0.25, 0.3) is 0 Å². The molecule has 2 amide bonds. The lowest BCUT2D eigenvalue weighted by Gasteiger charge is -2.36. The van der Waals surface area contributed by atoms with Crippen molar-refractivity contribution in [1.82, 2.24) is 0 Å². The Morgan fingerprint density at radius 2 is 1.33 bits per heavy atom. The monoisotopic (exact) mass is 632 g/mol. The van der Waals surface area contributed by atoms with Crippen molar-refractivity contribution in [3.63, 3.8) is 0 Å². The van der Waals surface area contributed by atoms with Crippen molar-refractivity contribution in [1.29, 1.82) is 0 Å². The van der Waals surface area contributed by atoms with E-state index >= 15 is 0 Å². The summed E-state index contributed by atoms with van der Waals surface area (Å²) in [6.45, 7) is 1.24. The normalized spacial score (nSPS) is 14.4. The van der Waals surface area contributed by atoms with E-state index in [9.17, 15) is 49.1 Å². The van der Waals surface area contributed by atoms with E-state index in [1.54, 1.807) is 0 Å². The van der Waals surface area contributed by atoms with Crippen molar-refractivity contribution in [3.05, 3.63) is 58.7 Å². The Morgan fingerprint density at radius 1 is 0.821 bits per heavy atom. The average Bonchev–Trinajstić information content (AvgIpc) is 2.77. The highest BCUT2D eigenvalue weighted by molar-refractivity contribution is 6.67. The minimum Gasteiger partial charge on any atom is -0.445 e. The number of para-hydroxylation sites is 1. The lowest BCUT2D eigenvalue weighted by molar-refractivity contribution is -0.389. The molecule has 0 aromatic heterocycles. The number of aryl methyl sites for hydroxylation is 2. The Kier molecular flexibility index (Phi) is 9.31. The van der Waals surface area contributed by atoms with Crippen LogP contribution in [0.5, 0.6) is 0 Å². The van der Waals surface area contributed by atoms with Gasteiger partial charge in [0.2, 0.25) is 3.79 Å². The second-order valence-corrected chi connectivity index (χ2v) is 10.5. The maximum atomic E-state index is 14.9. The molecule has 0 bridgehead atoms. The number of rotatable bonds is 6. The van der Waals surface area contributed by atoms with Gasteiger partial charge in [0.15, 0.2) is 0 Å². The zero-order chi connectivity index (χ0) is 30.2. The third kappa shape index (κ3) is 6.95. The van der Waals surface area contributed by atoms with Gasteiger partial charge in [0.05, 0.1) is 11.3 Å². The molecule has 2 aromatic rings. The highest BCUT2D eigenvalue weighted by Gasteiger charge is 2.81. The molecule has 0 radical (unpaired) electrons. The Morgan fingerprint density at radius 3 is 1.79 bits per heavy atom. The molecule has 0 aliphatic carbocycles. The largest absolute Gasteiger partial charge is 0.457 e. The summed E-state index contributed by atoms with van der Waals surface area (Å²) in [5.41, 5.74) is -9.84. The molecular weight excluding hydrogens is 618 g/mol. The number of ether oxygens (including phenoxy) is 1. The van der Waals surface area contributed by atoms with Gasteiger partial charge in [-0.2, -0.15) is 35.1 Å². The van der Waals surface area contributed by atoms with Crippen molar-refractivity contribution in [2.24, 2.45) is 0 Å². The van der Waals surface area contributed by atoms with Crippen molar-refractivity contribution in [2.75, 3.05) is 17.2 Å². The van der Waals surface area contributed by atoms with Crippen LogP contribution in [0.4, 0.5) is 55.7 Å². The van der Waals surface area contributed by atoms with Crippen molar-refractivity contribution < 1.29 is 53.8 Å². The van der Waals surface area contributed by atoms with Crippen LogP contribution in [0.3, 0.4) is 0 Å². The number of carbonyl (C=O) groups excluding carboxylic acids is 2. The van der Waals surface area contributed by atoms with Crippen molar-refractivity contribution >= 4 is 58.2 Å². The number of anilines is 2. The third-order valence-electron chi connectivity index (χ3n) is 5.12. The van der Waals surface area contributed by atoms with E-state index in [0.717, 1.165) is 13.8 Å². The summed E-state index contributed by atoms with van der Waals surface area (Å²) in [5.74, 6) is -7.86. The molecule has 0 saturated carbocycles. The summed E-state index contributed by atoms with van der Waals surface area (Å²) in [6, 6.07) is 5.43. The number of alkyl halides is 12. The second-order valence-electron chi connectivity index (χ2n) is 8.03. The molecule has 0 spiro atoms.